The van der Waals surface area contributed by atoms with Crippen molar-refractivity contribution in [2.75, 3.05) is 13.7 Å². The van der Waals surface area contributed by atoms with Gasteiger partial charge in [0, 0.05) is 6.04 Å². The lowest BCUT2D eigenvalue weighted by atomic mass is 10.1. The van der Waals surface area contributed by atoms with E-state index in [0.29, 0.717) is 12.1 Å². The molecule has 2 atom stereocenters. The summed E-state index contributed by atoms with van der Waals surface area (Å²) in [5.41, 5.74) is 0. The topological polar surface area (TPSA) is 21.3 Å². The van der Waals surface area contributed by atoms with Crippen molar-refractivity contribution in [1.82, 2.24) is 5.32 Å². The fraction of sp³-hybridized carbons (Fsp3) is 1.00. The summed E-state index contributed by atoms with van der Waals surface area (Å²) in [7, 11) is 1.96. The van der Waals surface area contributed by atoms with Crippen LogP contribution in [-0.4, -0.2) is 25.8 Å². The number of nitrogens with one attached hydrogen (secondary N) is 1. The summed E-state index contributed by atoms with van der Waals surface area (Å²) in [6.07, 6.45) is 1.54. The van der Waals surface area contributed by atoms with Gasteiger partial charge in [0.15, 0.2) is 0 Å². The predicted molar refractivity (Wildman–Crippen MR) is 53.4 cm³/mol. The molecule has 0 heterocycles. The van der Waals surface area contributed by atoms with Gasteiger partial charge in [-0.2, -0.15) is 0 Å². The predicted octanol–water partition coefficient (Wildman–Crippen LogP) is 2.05. The lowest BCUT2D eigenvalue weighted by molar-refractivity contribution is 0.0412. The van der Waals surface area contributed by atoms with E-state index in [9.17, 15) is 0 Å². The van der Waals surface area contributed by atoms with Crippen LogP contribution in [0, 0.1) is 5.92 Å². The normalized spacial score (nSPS) is 16.5. The Labute approximate surface area is 76.7 Å². The maximum absolute atomic E-state index is 5.64. The van der Waals surface area contributed by atoms with Crippen molar-refractivity contribution >= 4 is 0 Å². The molecular weight excluding hydrogens is 150 g/mol. The van der Waals surface area contributed by atoms with Crippen molar-refractivity contribution < 1.29 is 4.74 Å². The molecule has 0 fully saturated rings. The SMILES string of the molecule is CNC(C)COC(C)CC(C)C. The van der Waals surface area contributed by atoms with Crippen LogP contribution in [0.15, 0.2) is 0 Å². The Hall–Kier alpha value is -0.0800. The van der Waals surface area contributed by atoms with E-state index in [1.165, 1.54) is 0 Å². The van der Waals surface area contributed by atoms with E-state index in [0.717, 1.165) is 18.9 Å². The number of ether oxygens (including phenoxy) is 1. The van der Waals surface area contributed by atoms with E-state index in [-0.39, 0.29) is 0 Å². The highest BCUT2D eigenvalue weighted by Gasteiger charge is 2.06. The van der Waals surface area contributed by atoms with Crippen molar-refractivity contribution in [2.45, 2.75) is 46.3 Å². The molecule has 2 heteroatoms. The first-order valence-corrected chi connectivity index (χ1v) is 4.85. The zero-order chi connectivity index (χ0) is 9.56. The zero-order valence-corrected chi connectivity index (χ0v) is 9.05. The molecule has 0 bridgehead atoms. The summed E-state index contributed by atoms with van der Waals surface area (Å²) in [4.78, 5) is 0. The summed E-state index contributed by atoms with van der Waals surface area (Å²) >= 11 is 0. The molecule has 2 unspecified atom stereocenters. The minimum absolute atomic E-state index is 0.390. The van der Waals surface area contributed by atoms with E-state index in [1.54, 1.807) is 0 Å². The average molecular weight is 173 g/mol. The molecule has 0 saturated heterocycles. The van der Waals surface area contributed by atoms with Gasteiger partial charge in [-0.15, -0.1) is 0 Å². The lowest BCUT2D eigenvalue weighted by Gasteiger charge is -2.17. The molecule has 0 amide bonds. The van der Waals surface area contributed by atoms with Crippen molar-refractivity contribution in [3.8, 4) is 0 Å². The Kier molecular flexibility index (Phi) is 6.39. The Morgan fingerprint density at radius 1 is 1.17 bits per heavy atom. The van der Waals surface area contributed by atoms with Gasteiger partial charge in [0.05, 0.1) is 12.7 Å². The fourth-order valence-corrected chi connectivity index (χ4v) is 1.12. The summed E-state index contributed by atoms with van der Waals surface area (Å²) in [6, 6.07) is 0.458. The van der Waals surface area contributed by atoms with Crippen LogP contribution in [0.25, 0.3) is 0 Å². The zero-order valence-electron chi connectivity index (χ0n) is 9.05. The van der Waals surface area contributed by atoms with Gasteiger partial charge < -0.3 is 10.1 Å². The van der Waals surface area contributed by atoms with Crippen LogP contribution < -0.4 is 5.32 Å². The van der Waals surface area contributed by atoms with Gasteiger partial charge in [-0.3, -0.25) is 0 Å². The van der Waals surface area contributed by atoms with Crippen molar-refractivity contribution in [3.63, 3.8) is 0 Å². The molecule has 0 spiro atoms. The number of likely N-dealkylation sites (N-methyl/N-ethyl adjacent to an activating group) is 1. The van der Waals surface area contributed by atoms with Crippen LogP contribution in [0.1, 0.15) is 34.1 Å². The average Bonchev–Trinajstić information content (AvgIpc) is 1.99. The molecule has 1 N–H and O–H groups in total. The summed E-state index contributed by atoms with van der Waals surface area (Å²) in [5, 5.41) is 3.15. The maximum atomic E-state index is 5.64. The van der Waals surface area contributed by atoms with Gasteiger partial charge in [-0.05, 0) is 33.2 Å². The molecule has 74 valence electrons. The van der Waals surface area contributed by atoms with E-state index >= 15 is 0 Å². The minimum Gasteiger partial charge on any atom is -0.377 e. The highest BCUT2D eigenvalue weighted by Crippen LogP contribution is 2.07. The van der Waals surface area contributed by atoms with Gasteiger partial charge in [-0.1, -0.05) is 13.8 Å². The highest BCUT2D eigenvalue weighted by atomic mass is 16.5. The molecule has 12 heavy (non-hydrogen) atoms. The lowest BCUT2D eigenvalue weighted by Crippen LogP contribution is -2.29. The van der Waals surface area contributed by atoms with Crippen LogP contribution >= 0.6 is 0 Å². The standard InChI is InChI=1S/C10H23NO/c1-8(2)6-10(4)12-7-9(3)11-5/h8-11H,6-7H2,1-5H3. The Bertz CT molecular complexity index is 104. The summed E-state index contributed by atoms with van der Waals surface area (Å²) < 4.78 is 5.64. The number of hydrogen-bond acceptors (Lipinski definition) is 2. The summed E-state index contributed by atoms with van der Waals surface area (Å²) in [6.45, 7) is 9.53. The van der Waals surface area contributed by atoms with Gasteiger partial charge in [-0.25, -0.2) is 0 Å². The molecule has 0 saturated carbocycles. The van der Waals surface area contributed by atoms with Gasteiger partial charge in [0.2, 0.25) is 0 Å². The van der Waals surface area contributed by atoms with E-state index in [4.69, 9.17) is 4.74 Å². The monoisotopic (exact) mass is 173 g/mol. The van der Waals surface area contributed by atoms with E-state index in [2.05, 4.69) is 33.0 Å². The fourth-order valence-electron chi connectivity index (χ4n) is 1.12. The highest BCUT2D eigenvalue weighted by molar-refractivity contribution is 4.58. The van der Waals surface area contributed by atoms with Crippen LogP contribution in [0.4, 0.5) is 0 Å². The Morgan fingerprint density at radius 3 is 2.17 bits per heavy atom. The second kappa shape index (κ2) is 6.44. The number of hydrogen-bond donors (Lipinski definition) is 1. The third-order valence-corrected chi connectivity index (χ3v) is 1.93. The first-order chi connectivity index (χ1) is 5.56. The quantitative estimate of drug-likeness (QED) is 0.663. The Morgan fingerprint density at radius 2 is 1.75 bits per heavy atom. The molecule has 0 aromatic carbocycles. The molecule has 0 rings (SSSR count). The molecule has 0 radical (unpaired) electrons. The summed E-state index contributed by atoms with van der Waals surface area (Å²) in [5.74, 6) is 0.727. The van der Waals surface area contributed by atoms with E-state index in [1.807, 2.05) is 7.05 Å². The molecule has 2 nitrogen and oxygen atoms in total. The van der Waals surface area contributed by atoms with Gasteiger partial charge >= 0.3 is 0 Å². The van der Waals surface area contributed by atoms with Crippen molar-refractivity contribution in [2.24, 2.45) is 5.92 Å². The largest absolute Gasteiger partial charge is 0.377 e. The Balaban J connectivity index is 3.36. The van der Waals surface area contributed by atoms with Crippen LogP contribution in [0.5, 0.6) is 0 Å². The molecular formula is C10H23NO. The smallest absolute Gasteiger partial charge is 0.0620 e. The van der Waals surface area contributed by atoms with Gasteiger partial charge in [0.25, 0.3) is 0 Å². The van der Waals surface area contributed by atoms with Crippen LogP contribution in [0.3, 0.4) is 0 Å². The van der Waals surface area contributed by atoms with Gasteiger partial charge in [0.1, 0.15) is 0 Å². The first kappa shape index (κ1) is 11.9. The molecule has 0 aliphatic heterocycles. The molecule has 0 aromatic rings. The number of rotatable bonds is 6. The molecule has 0 aromatic heterocycles. The second-order valence-electron chi connectivity index (χ2n) is 3.96. The third-order valence-electron chi connectivity index (χ3n) is 1.93. The maximum Gasteiger partial charge on any atom is 0.0620 e. The van der Waals surface area contributed by atoms with Crippen molar-refractivity contribution in [1.29, 1.82) is 0 Å². The van der Waals surface area contributed by atoms with E-state index < -0.39 is 0 Å². The molecule has 0 aliphatic rings. The van der Waals surface area contributed by atoms with Crippen LogP contribution in [0.2, 0.25) is 0 Å². The second-order valence-corrected chi connectivity index (χ2v) is 3.96. The first-order valence-electron chi connectivity index (χ1n) is 4.85. The van der Waals surface area contributed by atoms with Crippen LogP contribution in [-0.2, 0) is 4.74 Å². The molecule has 0 aliphatic carbocycles. The van der Waals surface area contributed by atoms with Crippen molar-refractivity contribution in [3.05, 3.63) is 0 Å². The minimum atomic E-state index is 0.390. The third kappa shape index (κ3) is 6.62.